The molecule has 2 heterocycles. The van der Waals surface area contributed by atoms with Crippen LogP contribution in [0.4, 0.5) is 0 Å². The maximum absolute atomic E-state index is 12.5. The lowest BCUT2D eigenvalue weighted by atomic mass is 9.98. The highest BCUT2D eigenvalue weighted by Crippen LogP contribution is 2.21. The predicted octanol–water partition coefficient (Wildman–Crippen LogP) is 2.72. The number of amides is 1. The van der Waals surface area contributed by atoms with Crippen LogP contribution in [0, 0.1) is 12.8 Å². The van der Waals surface area contributed by atoms with Gasteiger partial charge < -0.3 is 9.64 Å². The molecule has 5 nitrogen and oxygen atoms in total. The van der Waals surface area contributed by atoms with E-state index in [4.69, 9.17) is 4.74 Å². The fraction of sp³-hybridized carbons (Fsp3) is 0.389. The lowest BCUT2D eigenvalue weighted by Crippen LogP contribution is -2.41. The molecule has 1 amide bonds. The molecular formula is C18H21N3O2. The first-order valence-corrected chi connectivity index (χ1v) is 7.98. The number of hydrogen-bond donors (Lipinski definition) is 0. The van der Waals surface area contributed by atoms with Crippen LogP contribution < -0.4 is 4.74 Å². The number of benzene rings is 1. The number of likely N-dealkylation sites (tertiary alicyclic amines) is 1. The molecule has 1 atom stereocenters. The van der Waals surface area contributed by atoms with E-state index < -0.39 is 0 Å². The zero-order valence-corrected chi connectivity index (χ0v) is 13.3. The smallest absolute Gasteiger partial charge is 0.274 e. The standard InChI is InChI=1S/C18H21N3O2/c1-14-5-2-3-7-17(14)23-13-15-6-4-10-21(12-15)18(22)16-11-19-8-9-20-16/h2-3,5,7-9,11,15H,4,6,10,12-13H2,1H3. The summed E-state index contributed by atoms with van der Waals surface area (Å²) in [5.41, 5.74) is 1.55. The Labute approximate surface area is 136 Å². The van der Waals surface area contributed by atoms with Crippen LogP contribution in [0.25, 0.3) is 0 Å². The van der Waals surface area contributed by atoms with Crippen molar-refractivity contribution >= 4 is 5.91 Å². The van der Waals surface area contributed by atoms with E-state index in [-0.39, 0.29) is 5.91 Å². The second kappa shape index (κ2) is 7.22. The molecule has 23 heavy (non-hydrogen) atoms. The van der Waals surface area contributed by atoms with Gasteiger partial charge in [0.1, 0.15) is 11.4 Å². The van der Waals surface area contributed by atoms with Gasteiger partial charge >= 0.3 is 0 Å². The topological polar surface area (TPSA) is 55.3 Å². The van der Waals surface area contributed by atoms with Crippen molar-refractivity contribution in [1.82, 2.24) is 14.9 Å². The Kier molecular flexibility index (Phi) is 4.86. The third kappa shape index (κ3) is 3.86. The van der Waals surface area contributed by atoms with Gasteiger partial charge in [0.25, 0.3) is 5.91 Å². The second-order valence-electron chi connectivity index (χ2n) is 5.93. The van der Waals surface area contributed by atoms with E-state index in [1.165, 1.54) is 6.20 Å². The molecule has 2 aromatic rings. The van der Waals surface area contributed by atoms with Crippen molar-refractivity contribution in [3.63, 3.8) is 0 Å². The van der Waals surface area contributed by atoms with Crippen molar-refractivity contribution in [3.8, 4) is 5.75 Å². The fourth-order valence-electron chi connectivity index (χ4n) is 2.88. The number of carbonyl (C=O) groups excluding carboxylic acids is 1. The van der Waals surface area contributed by atoms with Crippen LogP contribution in [0.15, 0.2) is 42.9 Å². The number of ether oxygens (including phenoxy) is 1. The minimum absolute atomic E-state index is 0.0429. The summed E-state index contributed by atoms with van der Waals surface area (Å²) in [6.45, 7) is 4.16. The third-order valence-corrected chi connectivity index (χ3v) is 4.16. The van der Waals surface area contributed by atoms with Crippen LogP contribution in [0.3, 0.4) is 0 Å². The number of rotatable bonds is 4. The highest BCUT2D eigenvalue weighted by molar-refractivity contribution is 5.92. The van der Waals surface area contributed by atoms with Crippen molar-refractivity contribution in [2.24, 2.45) is 5.92 Å². The molecule has 1 aromatic heterocycles. The van der Waals surface area contributed by atoms with Crippen molar-refractivity contribution in [2.75, 3.05) is 19.7 Å². The number of nitrogens with zero attached hydrogens (tertiary/aromatic N) is 3. The molecule has 120 valence electrons. The number of para-hydroxylation sites is 1. The first-order chi connectivity index (χ1) is 11.2. The average molecular weight is 311 g/mol. The highest BCUT2D eigenvalue weighted by atomic mass is 16.5. The largest absolute Gasteiger partial charge is 0.493 e. The molecule has 1 unspecified atom stereocenters. The molecule has 0 N–H and O–H groups in total. The molecule has 5 heteroatoms. The van der Waals surface area contributed by atoms with Crippen LogP contribution >= 0.6 is 0 Å². The fourth-order valence-corrected chi connectivity index (χ4v) is 2.88. The predicted molar refractivity (Wildman–Crippen MR) is 87.3 cm³/mol. The zero-order valence-electron chi connectivity index (χ0n) is 13.3. The van der Waals surface area contributed by atoms with E-state index in [9.17, 15) is 4.79 Å². The minimum atomic E-state index is -0.0429. The molecular weight excluding hydrogens is 290 g/mol. The van der Waals surface area contributed by atoms with E-state index in [1.54, 1.807) is 12.4 Å². The van der Waals surface area contributed by atoms with Gasteiger partial charge in [-0.3, -0.25) is 9.78 Å². The molecule has 1 saturated heterocycles. The van der Waals surface area contributed by atoms with Crippen LogP contribution in [0.2, 0.25) is 0 Å². The van der Waals surface area contributed by atoms with Gasteiger partial charge in [0, 0.05) is 31.4 Å². The monoisotopic (exact) mass is 311 g/mol. The summed E-state index contributed by atoms with van der Waals surface area (Å²) < 4.78 is 5.94. The number of hydrogen-bond acceptors (Lipinski definition) is 4. The maximum atomic E-state index is 12.5. The molecule has 0 spiro atoms. The summed E-state index contributed by atoms with van der Waals surface area (Å²) in [5, 5.41) is 0. The zero-order chi connectivity index (χ0) is 16.1. The van der Waals surface area contributed by atoms with Crippen LogP contribution in [0.5, 0.6) is 5.75 Å². The Bertz CT molecular complexity index is 660. The van der Waals surface area contributed by atoms with Gasteiger partial charge in [-0.05, 0) is 31.4 Å². The lowest BCUT2D eigenvalue weighted by Gasteiger charge is -2.32. The normalized spacial score (nSPS) is 17.8. The number of aryl methyl sites for hydroxylation is 1. The Balaban J connectivity index is 1.58. The first kappa shape index (κ1) is 15.5. The average Bonchev–Trinajstić information content (AvgIpc) is 2.61. The van der Waals surface area contributed by atoms with E-state index in [0.29, 0.717) is 24.8 Å². The molecule has 1 fully saturated rings. The van der Waals surface area contributed by atoms with Crippen molar-refractivity contribution < 1.29 is 9.53 Å². The van der Waals surface area contributed by atoms with Gasteiger partial charge in [-0.1, -0.05) is 18.2 Å². The Morgan fingerprint density at radius 2 is 2.22 bits per heavy atom. The molecule has 0 bridgehead atoms. The molecule has 0 saturated carbocycles. The summed E-state index contributed by atoms with van der Waals surface area (Å²) in [6.07, 6.45) is 6.72. The molecule has 1 aromatic carbocycles. The number of piperidine rings is 1. The Morgan fingerprint density at radius 1 is 1.35 bits per heavy atom. The number of carbonyl (C=O) groups is 1. The van der Waals surface area contributed by atoms with Crippen molar-refractivity contribution in [2.45, 2.75) is 19.8 Å². The van der Waals surface area contributed by atoms with Gasteiger partial charge in [-0.15, -0.1) is 0 Å². The van der Waals surface area contributed by atoms with Gasteiger partial charge in [0.2, 0.25) is 0 Å². The van der Waals surface area contributed by atoms with E-state index in [2.05, 4.69) is 9.97 Å². The Morgan fingerprint density at radius 3 is 3.00 bits per heavy atom. The first-order valence-electron chi connectivity index (χ1n) is 7.98. The lowest BCUT2D eigenvalue weighted by molar-refractivity contribution is 0.0626. The summed E-state index contributed by atoms with van der Waals surface area (Å²) in [4.78, 5) is 22.4. The molecule has 3 rings (SSSR count). The van der Waals surface area contributed by atoms with Crippen LogP contribution in [0.1, 0.15) is 28.9 Å². The second-order valence-corrected chi connectivity index (χ2v) is 5.93. The van der Waals surface area contributed by atoms with E-state index >= 15 is 0 Å². The summed E-state index contributed by atoms with van der Waals surface area (Å²) in [5.74, 6) is 1.23. The van der Waals surface area contributed by atoms with Crippen LogP contribution in [-0.2, 0) is 0 Å². The van der Waals surface area contributed by atoms with Gasteiger partial charge in [0.15, 0.2) is 0 Å². The maximum Gasteiger partial charge on any atom is 0.274 e. The summed E-state index contributed by atoms with van der Waals surface area (Å²) in [6, 6.07) is 8.01. The minimum Gasteiger partial charge on any atom is -0.493 e. The highest BCUT2D eigenvalue weighted by Gasteiger charge is 2.25. The van der Waals surface area contributed by atoms with Crippen molar-refractivity contribution in [3.05, 3.63) is 54.1 Å². The SMILES string of the molecule is Cc1ccccc1OCC1CCCN(C(=O)c2cnccn2)C1. The van der Waals surface area contributed by atoms with Gasteiger partial charge in [0.05, 0.1) is 12.8 Å². The molecule has 0 radical (unpaired) electrons. The molecule has 0 aliphatic carbocycles. The molecule has 1 aliphatic rings. The van der Waals surface area contributed by atoms with Gasteiger partial charge in [-0.2, -0.15) is 0 Å². The van der Waals surface area contributed by atoms with Gasteiger partial charge in [-0.25, -0.2) is 4.98 Å². The molecule has 1 aliphatic heterocycles. The third-order valence-electron chi connectivity index (χ3n) is 4.16. The van der Waals surface area contributed by atoms with Crippen LogP contribution in [-0.4, -0.2) is 40.5 Å². The van der Waals surface area contributed by atoms with E-state index in [1.807, 2.05) is 36.1 Å². The summed E-state index contributed by atoms with van der Waals surface area (Å²) in [7, 11) is 0. The Hall–Kier alpha value is -2.43. The van der Waals surface area contributed by atoms with E-state index in [0.717, 1.165) is 30.7 Å². The van der Waals surface area contributed by atoms with Crippen molar-refractivity contribution in [1.29, 1.82) is 0 Å². The summed E-state index contributed by atoms with van der Waals surface area (Å²) >= 11 is 0. The quantitative estimate of drug-likeness (QED) is 0.871. The number of aromatic nitrogens is 2.